The zero-order valence-corrected chi connectivity index (χ0v) is 22.4. The largest absolute Gasteiger partial charge is 0.469 e. The average molecular weight is 529 g/mol. The molecule has 0 amide bonds. The predicted octanol–water partition coefficient (Wildman–Crippen LogP) is 5.44. The summed E-state index contributed by atoms with van der Waals surface area (Å²) < 4.78 is 12.2. The number of fused-ring (bicyclic) bond motifs is 3. The maximum absolute atomic E-state index is 13.3. The van der Waals surface area contributed by atoms with Gasteiger partial charge in [0.05, 0.1) is 24.1 Å². The summed E-state index contributed by atoms with van der Waals surface area (Å²) in [4.78, 5) is 31.3. The highest BCUT2D eigenvalue weighted by Gasteiger charge is 2.34. The van der Waals surface area contributed by atoms with E-state index < -0.39 is 12.0 Å². The Kier molecular flexibility index (Phi) is 8.33. The van der Waals surface area contributed by atoms with Crippen molar-refractivity contribution < 1.29 is 19.1 Å². The monoisotopic (exact) mass is 528 g/mol. The van der Waals surface area contributed by atoms with Gasteiger partial charge in [-0.1, -0.05) is 23.7 Å². The maximum Gasteiger partial charge on any atom is 0.308 e. The molecule has 1 atom stereocenters. The van der Waals surface area contributed by atoms with Crippen molar-refractivity contribution in [2.24, 2.45) is 4.99 Å². The van der Waals surface area contributed by atoms with E-state index in [2.05, 4.69) is 10.2 Å². The van der Waals surface area contributed by atoms with Gasteiger partial charge in [0.25, 0.3) is 0 Å². The zero-order valence-electron chi connectivity index (χ0n) is 20.8. The number of aliphatic imine (C=N–C) groups is 1. The molecular formula is C26H29ClN4O4S. The molecule has 0 spiro atoms. The average Bonchev–Trinajstić information content (AvgIpc) is 3.37. The fourth-order valence-corrected chi connectivity index (χ4v) is 5.74. The van der Waals surface area contributed by atoms with Crippen molar-refractivity contribution in [3.63, 3.8) is 0 Å². The summed E-state index contributed by atoms with van der Waals surface area (Å²) >= 11 is 7.58. The first-order valence-corrected chi connectivity index (χ1v) is 13.1. The van der Waals surface area contributed by atoms with Crippen LogP contribution in [-0.4, -0.2) is 52.6 Å². The normalized spacial score (nSPS) is 14.6. The van der Waals surface area contributed by atoms with Crippen molar-refractivity contribution in [2.45, 2.75) is 52.5 Å². The lowest BCUT2D eigenvalue weighted by molar-refractivity contribution is -0.141. The first-order valence-electron chi connectivity index (χ1n) is 11.9. The van der Waals surface area contributed by atoms with Crippen LogP contribution >= 0.6 is 22.9 Å². The number of hydrogen-bond acceptors (Lipinski definition) is 8. The van der Waals surface area contributed by atoms with Gasteiger partial charge in [0.2, 0.25) is 0 Å². The Morgan fingerprint density at radius 3 is 2.58 bits per heavy atom. The molecule has 4 rings (SSSR count). The summed E-state index contributed by atoms with van der Waals surface area (Å²) in [6.07, 6.45) is 2.06. The predicted molar refractivity (Wildman–Crippen MR) is 140 cm³/mol. The van der Waals surface area contributed by atoms with Gasteiger partial charge in [0.15, 0.2) is 11.6 Å². The van der Waals surface area contributed by atoms with Gasteiger partial charge in [-0.05, 0) is 51.3 Å². The SMILES string of the molecule is CCOCCCCC(=O)c1sc2c(c1C)C(c1ccc(Cl)cc1)=N[C@@H](CC(=O)OC)c1nnc(C)n1-2. The van der Waals surface area contributed by atoms with Crippen LogP contribution in [0.2, 0.25) is 5.02 Å². The van der Waals surface area contributed by atoms with Crippen molar-refractivity contribution in [1.82, 2.24) is 14.8 Å². The number of Topliss-reactive ketones (excluding diaryl/α,β-unsaturated/α-hetero) is 1. The molecular weight excluding hydrogens is 500 g/mol. The molecule has 0 N–H and O–H groups in total. The number of halogens is 1. The highest BCUT2D eigenvalue weighted by molar-refractivity contribution is 7.17. The second-order valence-electron chi connectivity index (χ2n) is 8.54. The minimum atomic E-state index is -0.596. The number of rotatable bonds is 10. The summed E-state index contributed by atoms with van der Waals surface area (Å²) in [7, 11) is 1.35. The number of carbonyl (C=O) groups excluding carboxylic acids is 2. The number of unbranched alkanes of at least 4 members (excludes halogenated alkanes) is 1. The third-order valence-corrected chi connectivity index (χ3v) is 7.68. The molecule has 0 aliphatic carbocycles. The number of esters is 1. The molecule has 3 heterocycles. The smallest absolute Gasteiger partial charge is 0.308 e. The van der Waals surface area contributed by atoms with E-state index in [0.717, 1.165) is 34.5 Å². The van der Waals surface area contributed by atoms with E-state index in [4.69, 9.17) is 26.1 Å². The fourth-order valence-electron chi connectivity index (χ4n) is 4.28. The Morgan fingerprint density at radius 1 is 1.14 bits per heavy atom. The maximum atomic E-state index is 13.3. The molecule has 0 radical (unpaired) electrons. The van der Waals surface area contributed by atoms with Crippen LogP contribution in [0.25, 0.3) is 5.00 Å². The lowest BCUT2D eigenvalue weighted by Gasteiger charge is -2.12. The Labute approximate surface area is 219 Å². The third kappa shape index (κ3) is 5.28. The Bertz CT molecular complexity index is 1300. The molecule has 0 unspecified atom stereocenters. The van der Waals surface area contributed by atoms with Crippen molar-refractivity contribution in [1.29, 1.82) is 0 Å². The number of ether oxygens (including phenoxy) is 2. The van der Waals surface area contributed by atoms with E-state index >= 15 is 0 Å². The molecule has 1 aromatic carbocycles. The minimum Gasteiger partial charge on any atom is -0.469 e. The van der Waals surface area contributed by atoms with Gasteiger partial charge < -0.3 is 9.47 Å². The van der Waals surface area contributed by atoms with E-state index in [1.165, 1.54) is 18.4 Å². The first-order chi connectivity index (χ1) is 17.3. The quantitative estimate of drug-likeness (QED) is 0.197. The molecule has 0 fully saturated rings. The van der Waals surface area contributed by atoms with Crippen LogP contribution < -0.4 is 0 Å². The van der Waals surface area contributed by atoms with Gasteiger partial charge in [-0.25, -0.2) is 0 Å². The van der Waals surface area contributed by atoms with Gasteiger partial charge in [0, 0.05) is 35.8 Å². The third-order valence-electron chi connectivity index (χ3n) is 6.11. The topological polar surface area (TPSA) is 95.7 Å². The highest BCUT2D eigenvalue weighted by atomic mass is 35.5. The summed E-state index contributed by atoms with van der Waals surface area (Å²) in [5.41, 5.74) is 3.22. The number of ketones is 1. The molecule has 190 valence electrons. The number of hydrogen-bond donors (Lipinski definition) is 0. The van der Waals surface area contributed by atoms with Gasteiger partial charge in [-0.3, -0.25) is 19.1 Å². The van der Waals surface area contributed by atoms with Gasteiger partial charge >= 0.3 is 5.97 Å². The van der Waals surface area contributed by atoms with Crippen molar-refractivity contribution in [3.8, 4) is 5.00 Å². The molecule has 1 aliphatic rings. The van der Waals surface area contributed by atoms with E-state index in [1.807, 2.05) is 37.5 Å². The molecule has 36 heavy (non-hydrogen) atoms. The lowest BCUT2D eigenvalue weighted by atomic mass is 9.98. The molecule has 0 saturated heterocycles. The summed E-state index contributed by atoms with van der Waals surface area (Å²) in [6.45, 7) is 7.10. The summed E-state index contributed by atoms with van der Waals surface area (Å²) in [5.74, 6) is 0.901. The number of methoxy groups -OCH3 is 1. The molecule has 1 aliphatic heterocycles. The number of aromatic nitrogens is 3. The van der Waals surface area contributed by atoms with Crippen LogP contribution in [-0.2, 0) is 14.3 Å². The van der Waals surface area contributed by atoms with Crippen molar-refractivity contribution in [3.05, 3.63) is 62.5 Å². The summed E-state index contributed by atoms with van der Waals surface area (Å²) in [6, 6.07) is 6.80. The molecule has 8 nitrogen and oxygen atoms in total. The first kappa shape index (κ1) is 26.2. The van der Waals surface area contributed by atoms with Crippen LogP contribution in [0, 0.1) is 13.8 Å². The van der Waals surface area contributed by atoms with E-state index in [1.54, 1.807) is 12.1 Å². The van der Waals surface area contributed by atoms with Crippen LogP contribution in [0.3, 0.4) is 0 Å². The lowest BCUT2D eigenvalue weighted by Crippen LogP contribution is -2.12. The van der Waals surface area contributed by atoms with Crippen molar-refractivity contribution in [2.75, 3.05) is 20.3 Å². The number of aryl methyl sites for hydroxylation is 1. The number of carbonyl (C=O) groups is 2. The van der Waals surface area contributed by atoms with Crippen LogP contribution in [0.4, 0.5) is 0 Å². The second-order valence-corrected chi connectivity index (χ2v) is 9.97. The molecule has 3 aromatic rings. The number of benzene rings is 1. The van der Waals surface area contributed by atoms with Crippen LogP contribution in [0.15, 0.2) is 29.3 Å². The van der Waals surface area contributed by atoms with E-state index in [9.17, 15) is 9.59 Å². The van der Waals surface area contributed by atoms with Crippen LogP contribution in [0.1, 0.15) is 76.7 Å². The summed E-state index contributed by atoms with van der Waals surface area (Å²) in [5, 5.41) is 10.1. The number of thiophene rings is 1. The Balaban J connectivity index is 1.83. The molecule has 0 saturated carbocycles. The molecule has 2 aromatic heterocycles. The van der Waals surface area contributed by atoms with Gasteiger partial charge in [-0.2, -0.15) is 0 Å². The minimum absolute atomic E-state index is 0.0192. The highest BCUT2D eigenvalue weighted by Crippen LogP contribution is 2.40. The standard InChI is InChI=1S/C26H29ClN4O4S/c1-5-35-13-7-6-8-20(32)24-15(2)22-23(17-9-11-18(27)12-10-17)28-19(14-21(33)34-4)25-30-29-16(3)31(25)26(22)36-24/h9-12,19H,5-8,13-14H2,1-4H3/t19-/m0/s1. The Hall–Kier alpha value is -2.88. The molecule has 0 bridgehead atoms. The van der Waals surface area contributed by atoms with E-state index in [0.29, 0.717) is 46.9 Å². The van der Waals surface area contributed by atoms with Crippen LogP contribution in [0.5, 0.6) is 0 Å². The zero-order chi connectivity index (χ0) is 25.8. The van der Waals surface area contributed by atoms with Gasteiger partial charge in [0.1, 0.15) is 16.9 Å². The van der Waals surface area contributed by atoms with E-state index in [-0.39, 0.29) is 12.2 Å². The van der Waals surface area contributed by atoms with Crippen molar-refractivity contribution >= 4 is 40.4 Å². The second kappa shape index (κ2) is 11.5. The Morgan fingerprint density at radius 2 is 1.89 bits per heavy atom. The molecule has 10 heteroatoms. The number of nitrogens with zero attached hydrogens (tertiary/aromatic N) is 4. The fraction of sp³-hybridized carbons (Fsp3) is 0.423. The van der Waals surface area contributed by atoms with Gasteiger partial charge in [-0.15, -0.1) is 21.5 Å².